The summed E-state index contributed by atoms with van der Waals surface area (Å²) in [5, 5.41) is 11.0. The Morgan fingerprint density at radius 3 is 2.75 bits per heavy atom. The Morgan fingerprint density at radius 1 is 1.30 bits per heavy atom. The number of halogens is 1. The van der Waals surface area contributed by atoms with Gasteiger partial charge >= 0.3 is 0 Å². The summed E-state index contributed by atoms with van der Waals surface area (Å²) >= 11 is 5.88. The lowest BCUT2D eigenvalue weighted by Gasteiger charge is -2.12. The van der Waals surface area contributed by atoms with Gasteiger partial charge in [0.15, 0.2) is 0 Å². The van der Waals surface area contributed by atoms with E-state index in [1.54, 1.807) is 6.20 Å². The summed E-state index contributed by atoms with van der Waals surface area (Å²) in [7, 11) is 0. The number of hydrogen-bond donors (Lipinski definition) is 1. The van der Waals surface area contributed by atoms with E-state index < -0.39 is 0 Å². The van der Waals surface area contributed by atoms with Crippen LogP contribution in [0.3, 0.4) is 0 Å². The van der Waals surface area contributed by atoms with E-state index in [2.05, 4.69) is 21.7 Å². The van der Waals surface area contributed by atoms with Crippen LogP contribution in [0, 0.1) is 5.92 Å². The van der Waals surface area contributed by atoms with Gasteiger partial charge in [-0.25, -0.2) is 4.98 Å². The monoisotopic (exact) mass is 290 g/mol. The minimum atomic E-state index is -0.388. The Balaban J connectivity index is 1.56. The SMILES string of the molecule is OC(c1nccn1CCCc1ccc(Cl)cc1)C1CC1. The highest BCUT2D eigenvalue weighted by Crippen LogP contribution is 2.40. The molecule has 0 saturated heterocycles. The van der Waals surface area contributed by atoms with Crippen molar-refractivity contribution >= 4 is 11.6 Å². The van der Waals surface area contributed by atoms with Gasteiger partial charge in [-0.1, -0.05) is 23.7 Å². The molecule has 4 heteroatoms. The summed E-state index contributed by atoms with van der Waals surface area (Å²) < 4.78 is 2.08. The molecule has 1 saturated carbocycles. The summed E-state index contributed by atoms with van der Waals surface area (Å²) in [5.74, 6) is 1.25. The zero-order valence-corrected chi connectivity index (χ0v) is 12.1. The molecule has 20 heavy (non-hydrogen) atoms. The zero-order chi connectivity index (χ0) is 13.9. The van der Waals surface area contributed by atoms with Crippen LogP contribution in [0.4, 0.5) is 0 Å². The number of imidazole rings is 1. The van der Waals surface area contributed by atoms with Crippen molar-refractivity contribution in [3.63, 3.8) is 0 Å². The normalized spacial score (nSPS) is 16.3. The molecule has 1 aliphatic carbocycles. The predicted molar refractivity (Wildman–Crippen MR) is 79.7 cm³/mol. The number of nitrogens with zero attached hydrogens (tertiary/aromatic N) is 2. The molecule has 3 nitrogen and oxygen atoms in total. The Kier molecular flexibility index (Phi) is 4.08. The molecule has 1 atom stereocenters. The van der Waals surface area contributed by atoms with E-state index in [-0.39, 0.29) is 6.10 Å². The molecule has 1 heterocycles. The van der Waals surface area contributed by atoms with E-state index in [0.717, 1.165) is 43.1 Å². The van der Waals surface area contributed by atoms with Crippen LogP contribution in [0.5, 0.6) is 0 Å². The van der Waals surface area contributed by atoms with E-state index in [9.17, 15) is 5.11 Å². The molecule has 1 N–H and O–H groups in total. The van der Waals surface area contributed by atoms with Gasteiger partial charge in [-0.05, 0) is 49.3 Å². The second-order valence-corrected chi connectivity index (χ2v) is 5.93. The van der Waals surface area contributed by atoms with Crippen LogP contribution in [-0.4, -0.2) is 14.7 Å². The van der Waals surface area contributed by atoms with Gasteiger partial charge in [-0.2, -0.15) is 0 Å². The molecule has 2 aromatic rings. The fourth-order valence-electron chi connectivity index (χ4n) is 2.50. The van der Waals surface area contributed by atoms with Crippen LogP contribution in [0.15, 0.2) is 36.7 Å². The smallest absolute Gasteiger partial charge is 0.137 e. The molecule has 3 rings (SSSR count). The molecule has 1 unspecified atom stereocenters. The quantitative estimate of drug-likeness (QED) is 0.882. The van der Waals surface area contributed by atoms with Crippen LogP contribution in [0.25, 0.3) is 0 Å². The number of rotatable bonds is 6. The van der Waals surface area contributed by atoms with Crippen molar-refractivity contribution in [2.75, 3.05) is 0 Å². The number of hydrogen-bond acceptors (Lipinski definition) is 2. The van der Waals surface area contributed by atoms with Crippen LogP contribution in [-0.2, 0) is 13.0 Å². The molecular formula is C16H19ClN2O. The predicted octanol–water partition coefficient (Wildman–Crippen LogP) is 3.61. The first-order valence-corrected chi connectivity index (χ1v) is 7.55. The molecule has 0 spiro atoms. The minimum Gasteiger partial charge on any atom is -0.385 e. The van der Waals surface area contributed by atoms with E-state index in [4.69, 9.17) is 11.6 Å². The minimum absolute atomic E-state index is 0.388. The second kappa shape index (κ2) is 5.98. The average Bonchev–Trinajstić information content (AvgIpc) is 3.20. The lowest BCUT2D eigenvalue weighted by molar-refractivity contribution is 0.139. The molecule has 0 amide bonds. The molecular weight excluding hydrogens is 272 g/mol. The average molecular weight is 291 g/mol. The van der Waals surface area contributed by atoms with Gasteiger partial charge in [0.05, 0.1) is 0 Å². The number of aryl methyl sites for hydroxylation is 2. The lowest BCUT2D eigenvalue weighted by atomic mass is 10.1. The molecule has 0 aliphatic heterocycles. The van der Waals surface area contributed by atoms with Crippen LogP contribution < -0.4 is 0 Å². The summed E-state index contributed by atoms with van der Waals surface area (Å²) in [5.41, 5.74) is 1.29. The Labute approximate surface area is 124 Å². The highest BCUT2D eigenvalue weighted by Gasteiger charge is 2.33. The molecule has 1 aliphatic rings. The van der Waals surface area contributed by atoms with Gasteiger partial charge in [-0.15, -0.1) is 0 Å². The first-order chi connectivity index (χ1) is 9.74. The van der Waals surface area contributed by atoms with Gasteiger partial charge in [-0.3, -0.25) is 0 Å². The van der Waals surface area contributed by atoms with Crippen molar-refractivity contribution < 1.29 is 5.11 Å². The molecule has 1 aromatic heterocycles. The standard InChI is InChI=1S/C16H19ClN2O/c17-14-7-3-12(4-8-14)2-1-10-19-11-9-18-16(19)15(20)13-5-6-13/h3-4,7-9,11,13,15,20H,1-2,5-6,10H2. The van der Waals surface area contributed by atoms with Crippen molar-refractivity contribution in [3.8, 4) is 0 Å². The van der Waals surface area contributed by atoms with Crippen molar-refractivity contribution in [3.05, 3.63) is 53.1 Å². The largest absolute Gasteiger partial charge is 0.385 e. The Morgan fingerprint density at radius 2 is 2.05 bits per heavy atom. The zero-order valence-electron chi connectivity index (χ0n) is 11.4. The van der Waals surface area contributed by atoms with Crippen LogP contribution in [0.1, 0.15) is 36.8 Å². The summed E-state index contributed by atoms with van der Waals surface area (Å²) in [4.78, 5) is 4.31. The lowest BCUT2D eigenvalue weighted by Crippen LogP contribution is -2.10. The first kappa shape index (κ1) is 13.7. The van der Waals surface area contributed by atoms with Crippen molar-refractivity contribution in [2.45, 2.75) is 38.3 Å². The molecule has 1 aromatic carbocycles. The molecule has 1 fully saturated rings. The Bertz CT molecular complexity index is 560. The van der Waals surface area contributed by atoms with Gasteiger partial charge in [0, 0.05) is 24.0 Å². The summed E-state index contributed by atoms with van der Waals surface area (Å²) in [6, 6.07) is 7.99. The maximum atomic E-state index is 10.2. The number of benzene rings is 1. The highest BCUT2D eigenvalue weighted by molar-refractivity contribution is 6.30. The third-order valence-corrected chi connectivity index (χ3v) is 4.11. The third-order valence-electron chi connectivity index (χ3n) is 3.86. The van der Waals surface area contributed by atoms with Gasteiger partial charge < -0.3 is 9.67 Å². The topological polar surface area (TPSA) is 38.1 Å². The number of aromatic nitrogens is 2. The molecule has 106 valence electrons. The second-order valence-electron chi connectivity index (χ2n) is 5.49. The van der Waals surface area contributed by atoms with Crippen molar-refractivity contribution in [1.29, 1.82) is 0 Å². The van der Waals surface area contributed by atoms with E-state index in [0.29, 0.717) is 5.92 Å². The van der Waals surface area contributed by atoms with Gasteiger partial charge in [0.1, 0.15) is 11.9 Å². The summed E-state index contributed by atoms with van der Waals surface area (Å²) in [6.45, 7) is 0.891. The summed E-state index contributed by atoms with van der Waals surface area (Å²) in [6.07, 6.45) is 7.64. The molecule has 0 radical (unpaired) electrons. The van der Waals surface area contributed by atoms with Crippen LogP contribution >= 0.6 is 11.6 Å². The third kappa shape index (κ3) is 3.22. The van der Waals surface area contributed by atoms with Gasteiger partial charge in [0.25, 0.3) is 0 Å². The van der Waals surface area contributed by atoms with E-state index in [1.165, 1.54) is 5.56 Å². The van der Waals surface area contributed by atoms with Crippen molar-refractivity contribution in [1.82, 2.24) is 9.55 Å². The maximum Gasteiger partial charge on any atom is 0.137 e. The van der Waals surface area contributed by atoms with Crippen molar-refractivity contribution in [2.24, 2.45) is 5.92 Å². The highest BCUT2D eigenvalue weighted by atomic mass is 35.5. The first-order valence-electron chi connectivity index (χ1n) is 7.17. The van der Waals surface area contributed by atoms with Crippen LogP contribution in [0.2, 0.25) is 5.02 Å². The maximum absolute atomic E-state index is 10.2. The number of aliphatic hydroxyl groups excluding tert-OH is 1. The van der Waals surface area contributed by atoms with E-state index in [1.807, 2.05) is 18.3 Å². The fraction of sp³-hybridized carbons (Fsp3) is 0.438. The van der Waals surface area contributed by atoms with Gasteiger partial charge in [0.2, 0.25) is 0 Å². The fourth-order valence-corrected chi connectivity index (χ4v) is 2.63. The number of aliphatic hydroxyl groups is 1. The molecule has 0 bridgehead atoms. The Hall–Kier alpha value is -1.32. The van der Waals surface area contributed by atoms with E-state index >= 15 is 0 Å².